The zero-order valence-electron chi connectivity index (χ0n) is 8.86. The fraction of sp³-hybridized carbons (Fsp3) is 0.417. The van der Waals surface area contributed by atoms with E-state index in [0.29, 0.717) is 24.2 Å². The van der Waals surface area contributed by atoms with Gasteiger partial charge in [0.1, 0.15) is 5.82 Å². The molecule has 0 spiro atoms. The molecule has 0 radical (unpaired) electrons. The first-order chi connectivity index (χ1) is 7.69. The fourth-order valence-electron chi connectivity index (χ4n) is 1.96. The molecular weight excluding hydrogens is 207 g/mol. The molecule has 1 aromatic rings. The van der Waals surface area contributed by atoms with Crippen LogP contribution >= 0.6 is 0 Å². The molecule has 2 rings (SSSR count). The van der Waals surface area contributed by atoms with Crippen molar-refractivity contribution < 1.29 is 9.50 Å². The Morgan fingerprint density at radius 3 is 3.00 bits per heavy atom. The number of halogens is 1. The molecule has 1 saturated heterocycles. The lowest BCUT2D eigenvalue weighted by atomic mass is 10.1. The van der Waals surface area contributed by atoms with Crippen LogP contribution in [0, 0.1) is 17.1 Å². The van der Waals surface area contributed by atoms with Gasteiger partial charge in [0.2, 0.25) is 0 Å². The first kappa shape index (κ1) is 11.1. The van der Waals surface area contributed by atoms with E-state index in [2.05, 4.69) is 0 Å². The molecule has 1 atom stereocenters. The van der Waals surface area contributed by atoms with Crippen LogP contribution in [0.3, 0.4) is 0 Å². The summed E-state index contributed by atoms with van der Waals surface area (Å²) in [4.78, 5) is 1.99. The van der Waals surface area contributed by atoms with Gasteiger partial charge in [-0.3, -0.25) is 4.90 Å². The highest BCUT2D eigenvalue weighted by molar-refractivity contribution is 5.33. The van der Waals surface area contributed by atoms with E-state index in [4.69, 9.17) is 5.26 Å². The van der Waals surface area contributed by atoms with E-state index in [9.17, 15) is 9.50 Å². The Balaban J connectivity index is 2.12. The van der Waals surface area contributed by atoms with Gasteiger partial charge in [-0.15, -0.1) is 0 Å². The molecule has 1 heterocycles. The maximum atomic E-state index is 13.5. The van der Waals surface area contributed by atoms with Crippen LogP contribution < -0.4 is 0 Å². The van der Waals surface area contributed by atoms with Crippen molar-refractivity contribution in [3.05, 3.63) is 35.1 Å². The van der Waals surface area contributed by atoms with Crippen molar-refractivity contribution >= 4 is 0 Å². The SMILES string of the molecule is N#Cc1ccc(F)c(CN2CC[C@@H](O)C2)c1. The van der Waals surface area contributed by atoms with E-state index in [1.807, 2.05) is 11.0 Å². The lowest BCUT2D eigenvalue weighted by molar-refractivity contribution is 0.174. The Morgan fingerprint density at radius 2 is 2.38 bits per heavy atom. The normalized spacial score (nSPS) is 20.9. The van der Waals surface area contributed by atoms with Gasteiger partial charge in [-0.05, 0) is 24.6 Å². The Labute approximate surface area is 93.7 Å². The third-order valence-electron chi connectivity index (χ3n) is 2.82. The summed E-state index contributed by atoms with van der Waals surface area (Å²) < 4.78 is 13.5. The second-order valence-corrected chi connectivity index (χ2v) is 4.10. The first-order valence-corrected chi connectivity index (χ1v) is 5.28. The summed E-state index contributed by atoms with van der Waals surface area (Å²) in [6, 6.07) is 6.35. The predicted octanol–water partition coefficient (Wildman–Crippen LogP) is 1.26. The zero-order chi connectivity index (χ0) is 11.5. The predicted molar refractivity (Wildman–Crippen MR) is 57.0 cm³/mol. The van der Waals surface area contributed by atoms with E-state index in [1.165, 1.54) is 12.1 Å². The summed E-state index contributed by atoms with van der Waals surface area (Å²) in [5.41, 5.74) is 0.990. The Kier molecular flexibility index (Phi) is 3.18. The van der Waals surface area contributed by atoms with Gasteiger partial charge in [-0.25, -0.2) is 4.39 Å². The van der Waals surface area contributed by atoms with Gasteiger partial charge in [0, 0.05) is 25.2 Å². The standard InChI is InChI=1S/C12H13FN2O/c13-12-2-1-9(6-14)5-10(12)7-15-4-3-11(16)8-15/h1-2,5,11,16H,3-4,7-8H2/t11-/m1/s1. The van der Waals surface area contributed by atoms with Crippen molar-refractivity contribution in [1.82, 2.24) is 4.90 Å². The fourth-order valence-corrected chi connectivity index (χ4v) is 1.96. The van der Waals surface area contributed by atoms with Crippen molar-refractivity contribution in [2.45, 2.75) is 19.1 Å². The molecule has 0 unspecified atom stereocenters. The number of hydrogen-bond acceptors (Lipinski definition) is 3. The number of β-amino-alcohol motifs (C(OH)–C–C–N with tert-alkyl or cyclic N) is 1. The van der Waals surface area contributed by atoms with Crippen molar-refractivity contribution in [1.29, 1.82) is 5.26 Å². The number of aliphatic hydroxyl groups excluding tert-OH is 1. The largest absolute Gasteiger partial charge is 0.392 e. The molecule has 4 heteroatoms. The number of rotatable bonds is 2. The van der Waals surface area contributed by atoms with Crippen molar-refractivity contribution in [3.8, 4) is 6.07 Å². The maximum Gasteiger partial charge on any atom is 0.127 e. The smallest absolute Gasteiger partial charge is 0.127 e. The van der Waals surface area contributed by atoms with Gasteiger partial charge < -0.3 is 5.11 Å². The molecule has 0 saturated carbocycles. The average molecular weight is 220 g/mol. The molecule has 3 nitrogen and oxygen atoms in total. The molecule has 1 fully saturated rings. The molecule has 1 aliphatic rings. The minimum atomic E-state index is -0.304. The average Bonchev–Trinajstić information content (AvgIpc) is 2.67. The third-order valence-corrected chi connectivity index (χ3v) is 2.82. The van der Waals surface area contributed by atoms with E-state index in [1.54, 1.807) is 6.07 Å². The van der Waals surface area contributed by atoms with Gasteiger partial charge in [-0.1, -0.05) is 0 Å². The zero-order valence-corrected chi connectivity index (χ0v) is 8.86. The Bertz CT molecular complexity index is 428. The van der Waals surface area contributed by atoms with Crippen molar-refractivity contribution in [2.75, 3.05) is 13.1 Å². The highest BCUT2D eigenvalue weighted by Gasteiger charge is 2.20. The van der Waals surface area contributed by atoms with Gasteiger partial charge in [0.25, 0.3) is 0 Å². The second kappa shape index (κ2) is 4.60. The number of nitriles is 1. The topological polar surface area (TPSA) is 47.3 Å². The number of likely N-dealkylation sites (tertiary alicyclic amines) is 1. The van der Waals surface area contributed by atoms with Crippen LogP contribution in [-0.4, -0.2) is 29.2 Å². The highest BCUT2D eigenvalue weighted by Crippen LogP contribution is 2.16. The molecule has 0 aliphatic carbocycles. The molecule has 1 aromatic carbocycles. The van der Waals surface area contributed by atoms with Crippen molar-refractivity contribution in [2.24, 2.45) is 0 Å². The lowest BCUT2D eigenvalue weighted by Gasteiger charge is -2.15. The number of nitrogens with zero attached hydrogens (tertiary/aromatic N) is 2. The van der Waals surface area contributed by atoms with Crippen LogP contribution in [0.25, 0.3) is 0 Å². The molecule has 0 aromatic heterocycles. The molecular formula is C12H13FN2O. The Morgan fingerprint density at radius 1 is 1.56 bits per heavy atom. The summed E-state index contributed by atoms with van der Waals surface area (Å²) >= 11 is 0. The summed E-state index contributed by atoms with van der Waals surface area (Å²) in [6.45, 7) is 1.81. The molecule has 0 bridgehead atoms. The quantitative estimate of drug-likeness (QED) is 0.816. The van der Waals surface area contributed by atoms with Crippen LogP contribution in [0.5, 0.6) is 0 Å². The monoisotopic (exact) mass is 220 g/mol. The van der Waals surface area contributed by atoms with Gasteiger partial charge in [-0.2, -0.15) is 5.26 Å². The van der Waals surface area contributed by atoms with E-state index >= 15 is 0 Å². The van der Waals surface area contributed by atoms with Crippen LogP contribution in [0.4, 0.5) is 4.39 Å². The van der Waals surface area contributed by atoms with Crippen LogP contribution in [0.15, 0.2) is 18.2 Å². The first-order valence-electron chi connectivity index (χ1n) is 5.28. The minimum absolute atomic E-state index is 0.291. The van der Waals surface area contributed by atoms with Crippen LogP contribution in [0.1, 0.15) is 17.5 Å². The third kappa shape index (κ3) is 2.38. The van der Waals surface area contributed by atoms with Gasteiger partial charge in [0.15, 0.2) is 0 Å². The van der Waals surface area contributed by atoms with Gasteiger partial charge >= 0.3 is 0 Å². The number of hydrogen-bond donors (Lipinski definition) is 1. The summed E-state index contributed by atoms with van der Waals surface area (Å²) in [5, 5.41) is 18.1. The highest BCUT2D eigenvalue weighted by atomic mass is 19.1. The van der Waals surface area contributed by atoms with Crippen LogP contribution in [-0.2, 0) is 6.54 Å². The van der Waals surface area contributed by atoms with E-state index < -0.39 is 0 Å². The molecule has 16 heavy (non-hydrogen) atoms. The van der Waals surface area contributed by atoms with E-state index in [0.717, 1.165) is 13.0 Å². The molecule has 1 N–H and O–H groups in total. The lowest BCUT2D eigenvalue weighted by Crippen LogP contribution is -2.22. The number of benzene rings is 1. The number of aliphatic hydroxyl groups is 1. The molecule has 1 aliphatic heterocycles. The van der Waals surface area contributed by atoms with Gasteiger partial charge in [0.05, 0.1) is 17.7 Å². The maximum absolute atomic E-state index is 13.5. The van der Waals surface area contributed by atoms with E-state index in [-0.39, 0.29) is 11.9 Å². The van der Waals surface area contributed by atoms with Crippen molar-refractivity contribution in [3.63, 3.8) is 0 Å². The summed E-state index contributed by atoms with van der Waals surface area (Å²) in [5.74, 6) is -0.291. The minimum Gasteiger partial charge on any atom is -0.392 e. The Hall–Kier alpha value is -1.44. The summed E-state index contributed by atoms with van der Waals surface area (Å²) in [7, 11) is 0. The second-order valence-electron chi connectivity index (χ2n) is 4.10. The molecule has 0 amide bonds. The molecule has 84 valence electrons. The summed E-state index contributed by atoms with van der Waals surface area (Å²) in [6.07, 6.45) is 0.432. The van der Waals surface area contributed by atoms with Crippen LogP contribution in [0.2, 0.25) is 0 Å².